The van der Waals surface area contributed by atoms with Crippen molar-refractivity contribution in [3.8, 4) is 0 Å². The van der Waals surface area contributed by atoms with Crippen LogP contribution in [0.3, 0.4) is 0 Å². The Kier molecular flexibility index (Phi) is 3.61. The lowest BCUT2D eigenvalue weighted by atomic mass is 10.1. The Labute approximate surface area is 144 Å². The topological polar surface area (TPSA) is 56.0 Å². The Morgan fingerprint density at radius 3 is 2.44 bits per heavy atom. The molecule has 0 aliphatic carbocycles. The van der Waals surface area contributed by atoms with E-state index in [-0.39, 0.29) is 18.1 Å². The van der Waals surface area contributed by atoms with Gasteiger partial charge in [-0.05, 0) is 23.6 Å². The summed E-state index contributed by atoms with van der Waals surface area (Å²) in [6.07, 6.45) is 0. The highest BCUT2D eigenvalue weighted by Crippen LogP contribution is 2.23. The third-order valence-corrected chi connectivity index (χ3v) is 4.42. The van der Waals surface area contributed by atoms with Crippen LogP contribution in [0.2, 0.25) is 0 Å². The third-order valence-electron chi connectivity index (χ3n) is 4.42. The van der Waals surface area contributed by atoms with Crippen LogP contribution < -0.4 is 11.0 Å². The zero-order chi connectivity index (χ0) is 17.4. The van der Waals surface area contributed by atoms with Gasteiger partial charge in [0.2, 0.25) is 5.91 Å². The summed E-state index contributed by atoms with van der Waals surface area (Å²) in [7, 11) is 1.71. The van der Waals surface area contributed by atoms with Crippen LogP contribution >= 0.6 is 0 Å². The molecule has 4 rings (SSSR count). The van der Waals surface area contributed by atoms with Crippen molar-refractivity contribution in [3.05, 3.63) is 77.2 Å². The molecule has 0 bridgehead atoms. The number of benzene rings is 3. The van der Waals surface area contributed by atoms with Crippen LogP contribution in [0.4, 0.5) is 5.69 Å². The molecule has 0 aliphatic heterocycles. The molecule has 5 heteroatoms. The van der Waals surface area contributed by atoms with E-state index in [4.69, 9.17) is 0 Å². The molecule has 4 aromatic rings. The molecule has 0 aliphatic rings. The number of carbonyl (C=O) groups excluding carboxylic acids is 1. The van der Waals surface area contributed by atoms with Gasteiger partial charge in [0.15, 0.2) is 0 Å². The third kappa shape index (κ3) is 2.59. The van der Waals surface area contributed by atoms with E-state index in [9.17, 15) is 9.59 Å². The first-order chi connectivity index (χ1) is 12.1. The molecule has 0 atom stereocenters. The number of aryl methyl sites for hydroxylation is 1. The van der Waals surface area contributed by atoms with Gasteiger partial charge in [0.05, 0.1) is 11.0 Å². The minimum Gasteiger partial charge on any atom is -0.324 e. The summed E-state index contributed by atoms with van der Waals surface area (Å²) in [4.78, 5) is 25.0. The molecular weight excluding hydrogens is 314 g/mol. The first kappa shape index (κ1) is 15.2. The van der Waals surface area contributed by atoms with Crippen LogP contribution in [0.15, 0.2) is 71.5 Å². The lowest BCUT2D eigenvalue weighted by molar-refractivity contribution is -0.116. The Hall–Kier alpha value is -3.34. The van der Waals surface area contributed by atoms with Gasteiger partial charge in [-0.1, -0.05) is 48.5 Å². The molecule has 1 N–H and O–H groups in total. The zero-order valence-electron chi connectivity index (χ0n) is 13.8. The summed E-state index contributed by atoms with van der Waals surface area (Å²) in [5, 5.41) is 4.96. The summed E-state index contributed by atoms with van der Waals surface area (Å²) in [6.45, 7) is -0.0244. The van der Waals surface area contributed by atoms with E-state index in [1.54, 1.807) is 11.6 Å². The van der Waals surface area contributed by atoms with E-state index in [1.165, 1.54) is 4.57 Å². The molecule has 0 unspecified atom stereocenters. The van der Waals surface area contributed by atoms with E-state index in [0.29, 0.717) is 0 Å². The maximum atomic E-state index is 12.6. The number of carbonyl (C=O) groups is 1. The number of anilines is 1. The minimum atomic E-state index is -0.227. The standard InChI is InChI=1S/C20H17N3O2/c1-22-17-11-4-5-12-18(17)23(20(22)25)13-19(24)21-16-10-6-8-14-7-2-3-9-15(14)16/h2-12H,13H2,1H3,(H,21,24). The summed E-state index contributed by atoms with van der Waals surface area (Å²) in [5.74, 6) is -0.227. The number of rotatable bonds is 3. The molecule has 3 aromatic carbocycles. The summed E-state index contributed by atoms with van der Waals surface area (Å²) in [5.41, 5.74) is 2.11. The average Bonchev–Trinajstić information content (AvgIpc) is 2.87. The first-order valence-corrected chi connectivity index (χ1v) is 8.07. The number of nitrogens with one attached hydrogen (secondary N) is 1. The van der Waals surface area contributed by atoms with Crippen molar-refractivity contribution in [1.29, 1.82) is 0 Å². The number of hydrogen-bond acceptors (Lipinski definition) is 2. The van der Waals surface area contributed by atoms with E-state index in [1.807, 2.05) is 66.7 Å². The van der Waals surface area contributed by atoms with Gasteiger partial charge < -0.3 is 5.32 Å². The predicted molar refractivity (Wildman–Crippen MR) is 99.8 cm³/mol. The number of nitrogens with zero attached hydrogens (tertiary/aromatic N) is 2. The van der Waals surface area contributed by atoms with Crippen LogP contribution in [-0.4, -0.2) is 15.0 Å². The summed E-state index contributed by atoms with van der Waals surface area (Å²) >= 11 is 0. The Morgan fingerprint density at radius 1 is 0.920 bits per heavy atom. The summed E-state index contributed by atoms with van der Waals surface area (Å²) in [6, 6.07) is 21.1. The molecule has 0 saturated carbocycles. The minimum absolute atomic E-state index is 0.0244. The normalized spacial score (nSPS) is 11.1. The molecule has 124 valence electrons. The SMILES string of the molecule is Cn1c(=O)n(CC(=O)Nc2cccc3ccccc23)c2ccccc21. The van der Waals surface area contributed by atoms with Crippen LogP contribution in [-0.2, 0) is 18.4 Å². The van der Waals surface area contributed by atoms with Gasteiger partial charge in [0.1, 0.15) is 6.54 Å². The van der Waals surface area contributed by atoms with Crippen molar-refractivity contribution < 1.29 is 4.79 Å². The molecular formula is C20H17N3O2. The first-order valence-electron chi connectivity index (χ1n) is 8.07. The van der Waals surface area contributed by atoms with Gasteiger partial charge in [-0.2, -0.15) is 0 Å². The second-order valence-electron chi connectivity index (χ2n) is 5.99. The molecule has 5 nitrogen and oxygen atoms in total. The average molecular weight is 331 g/mol. The second-order valence-corrected chi connectivity index (χ2v) is 5.99. The number of amides is 1. The number of imidazole rings is 1. The quantitative estimate of drug-likeness (QED) is 0.627. The largest absolute Gasteiger partial charge is 0.329 e. The van der Waals surface area contributed by atoms with Crippen LogP contribution in [0.25, 0.3) is 21.8 Å². The van der Waals surface area contributed by atoms with E-state index >= 15 is 0 Å². The smallest absolute Gasteiger partial charge is 0.324 e. The fourth-order valence-corrected chi connectivity index (χ4v) is 3.18. The van der Waals surface area contributed by atoms with Crippen LogP contribution in [0.1, 0.15) is 0 Å². The van der Waals surface area contributed by atoms with E-state index in [0.717, 1.165) is 27.5 Å². The molecule has 0 radical (unpaired) electrons. The molecule has 0 saturated heterocycles. The highest BCUT2D eigenvalue weighted by Gasteiger charge is 2.13. The Morgan fingerprint density at radius 2 is 1.60 bits per heavy atom. The van der Waals surface area contributed by atoms with Crippen molar-refractivity contribution in [2.24, 2.45) is 7.05 Å². The molecule has 1 aromatic heterocycles. The van der Waals surface area contributed by atoms with Crippen LogP contribution in [0, 0.1) is 0 Å². The van der Waals surface area contributed by atoms with Crippen molar-refractivity contribution in [1.82, 2.24) is 9.13 Å². The maximum Gasteiger partial charge on any atom is 0.329 e. The fraction of sp³-hybridized carbons (Fsp3) is 0.100. The molecule has 0 spiro atoms. The molecule has 1 heterocycles. The Bertz CT molecular complexity index is 1150. The van der Waals surface area contributed by atoms with Gasteiger partial charge in [-0.25, -0.2) is 4.79 Å². The van der Waals surface area contributed by atoms with E-state index < -0.39 is 0 Å². The van der Waals surface area contributed by atoms with Crippen molar-refractivity contribution >= 4 is 33.4 Å². The predicted octanol–water partition coefficient (Wildman–Crippen LogP) is 3.13. The van der Waals surface area contributed by atoms with Gasteiger partial charge in [-0.3, -0.25) is 13.9 Å². The number of aromatic nitrogens is 2. The number of para-hydroxylation sites is 2. The lowest BCUT2D eigenvalue weighted by Crippen LogP contribution is -2.28. The Balaban J connectivity index is 1.67. The van der Waals surface area contributed by atoms with E-state index in [2.05, 4.69) is 5.32 Å². The van der Waals surface area contributed by atoms with Gasteiger partial charge in [-0.15, -0.1) is 0 Å². The van der Waals surface area contributed by atoms with Crippen molar-refractivity contribution in [2.45, 2.75) is 6.54 Å². The highest BCUT2D eigenvalue weighted by atomic mass is 16.2. The monoisotopic (exact) mass is 331 g/mol. The molecule has 1 amide bonds. The number of hydrogen-bond donors (Lipinski definition) is 1. The summed E-state index contributed by atoms with van der Waals surface area (Å²) < 4.78 is 3.05. The molecule has 0 fully saturated rings. The highest BCUT2D eigenvalue weighted by molar-refractivity contribution is 6.02. The number of fused-ring (bicyclic) bond motifs is 2. The van der Waals surface area contributed by atoms with Crippen molar-refractivity contribution in [2.75, 3.05) is 5.32 Å². The van der Waals surface area contributed by atoms with Gasteiger partial charge in [0.25, 0.3) is 0 Å². The second kappa shape index (κ2) is 5.94. The van der Waals surface area contributed by atoms with Gasteiger partial charge in [0, 0.05) is 18.1 Å². The zero-order valence-corrected chi connectivity index (χ0v) is 13.8. The lowest BCUT2D eigenvalue weighted by Gasteiger charge is -2.09. The fourth-order valence-electron chi connectivity index (χ4n) is 3.18. The molecule has 25 heavy (non-hydrogen) atoms. The van der Waals surface area contributed by atoms with Gasteiger partial charge >= 0.3 is 5.69 Å². The maximum absolute atomic E-state index is 12.6. The van der Waals surface area contributed by atoms with Crippen LogP contribution in [0.5, 0.6) is 0 Å². The van der Waals surface area contributed by atoms with Crippen molar-refractivity contribution in [3.63, 3.8) is 0 Å².